The Morgan fingerprint density at radius 3 is 2.04 bits per heavy atom. The van der Waals surface area contributed by atoms with Crippen molar-refractivity contribution >= 4 is 23.9 Å². The van der Waals surface area contributed by atoms with Crippen LogP contribution >= 0.6 is 0 Å². The summed E-state index contributed by atoms with van der Waals surface area (Å²) in [5.41, 5.74) is -3.43. The molecular weight excluding hydrogens is 961 g/mol. The number of nitrogens with zero attached hydrogens (tertiary/aromatic N) is 2. The number of aliphatic hydroxyl groups excluding tert-OH is 2. The summed E-state index contributed by atoms with van der Waals surface area (Å²) in [6.45, 7) is 20.0. The van der Waals surface area contributed by atoms with Crippen molar-refractivity contribution in [3.05, 3.63) is 84.4 Å². The molecule has 4 N–H and O–H groups in total. The molecule has 0 aromatic heterocycles. The number of hydrogen-bond acceptors (Lipinski definition) is 18. The summed E-state index contributed by atoms with van der Waals surface area (Å²) in [5.74, 6) is -4.69. The highest BCUT2D eigenvalue weighted by atomic mass is 16.8. The Morgan fingerprint density at radius 1 is 0.851 bits per heavy atom. The van der Waals surface area contributed by atoms with Crippen LogP contribution < -0.4 is 0 Å². The van der Waals surface area contributed by atoms with Crippen molar-refractivity contribution in [2.75, 3.05) is 20.8 Å². The van der Waals surface area contributed by atoms with E-state index in [4.69, 9.17) is 47.5 Å². The fourth-order valence-electron chi connectivity index (χ4n) is 10.6. The third-order valence-electron chi connectivity index (χ3n) is 15.0. The van der Waals surface area contributed by atoms with E-state index in [1.54, 1.807) is 79.7 Å². The number of carbonyl (C=O) groups excluding carboxylic acids is 3. The third kappa shape index (κ3) is 14.8. The zero-order valence-electron chi connectivity index (χ0n) is 45.2. The van der Waals surface area contributed by atoms with E-state index in [0.29, 0.717) is 5.56 Å². The molecular formula is C55H82N2O17. The van der Waals surface area contributed by atoms with Crippen LogP contribution in [0.2, 0.25) is 0 Å². The second-order valence-corrected chi connectivity index (χ2v) is 21.0. The average molecular weight is 1040 g/mol. The molecule has 3 fully saturated rings. The van der Waals surface area contributed by atoms with Crippen LogP contribution in [0.1, 0.15) is 106 Å². The third-order valence-corrected chi connectivity index (χ3v) is 15.0. The highest BCUT2D eigenvalue weighted by Crippen LogP contribution is 2.41. The predicted molar refractivity (Wildman–Crippen MR) is 271 cm³/mol. The molecule has 74 heavy (non-hydrogen) atoms. The van der Waals surface area contributed by atoms with Gasteiger partial charge in [0.05, 0.1) is 59.4 Å². The summed E-state index contributed by atoms with van der Waals surface area (Å²) >= 11 is 0. The average Bonchev–Trinajstić information content (AvgIpc) is 3.37. The van der Waals surface area contributed by atoms with Crippen LogP contribution in [-0.2, 0) is 65.5 Å². The number of carbonyl (C=O) groups is 3. The maximum absolute atomic E-state index is 14.7. The molecule has 19 heteroatoms. The van der Waals surface area contributed by atoms with Gasteiger partial charge < -0.3 is 72.8 Å². The summed E-state index contributed by atoms with van der Waals surface area (Å²) in [7, 11) is 2.98. The van der Waals surface area contributed by atoms with Crippen LogP contribution in [0.3, 0.4) is 0 Å². The molecule has 0 spiro atoms. The lowest BCUT2D eigenvalue weighted by molar-refractivity contribution is -0.318. The molecule has 0 aliphatic carbocycles. The minimum absolute atomic E-state index is 0.00345. The largest absolute Gasteiger partial charge is 0.509 e. The number of aliphatic hydroxyl groups is 4. The Kier molecular flexibility index (Phi) is 21.4. The molecule has 2 aromatic rings. The number of ether oxygens (including phenoxy) is 9. The van der Waals surface area contributed by atoms with Gasteiger partial charge in [0.2, 0.25) is 0 Å². The van der Waals surface area contributed by atoms with E-state index in [2.05, 4.69) is 11.7 Å². The number of methoxy groups -OCH3 is 1. The first-order valence-electron chi connectivity index (χ1n) is 25.7. The quantitative estimate of drug-likeness (QED) is 0.0469. The topological polar surface area (TPSA) is 240 Å². The maximum Gasteiger partial charge on any atom is 0.509 e. The maximum atomic E-state index is 14.7. The van der Waals surface area contributed by atoms with E-state index < -0.39 is 126 Å². The van der Waals surface area contributed by atoms with E-state index >= 15 is 0 Å². The van der Waals surface area contributed by atoms with Gasteiger partial charge in [-0.05, 0) is 71.9 Å². The summed E-state index contributed by atoms with van der Waals surface area (Å²) in [6, 6.07) is 17.2. The SMILES string of the molecule is C=CCO/N=C1\[C@H](C)C[C@@](C)(O)[C@H](O[C@@H]2O[C@H](C)C[C@H](N(C)C(=O)OCc3ccccc3)[C@H]2OC(=O)OCc2ccccc2)[C@@H](C)[C@H](O[C@H]2C[C@@](C)(OC)[C@@H](O)[C@H](C)O2)[C@@H](C)C(=O)O[C@H](CC)[C@@](C)(O)[C@H](O)[C@H]1C. The van der Waals surface area contributed by atoms with Gasteiger partial charge in [0.15, 0.2) is 18.7 Å². The summed E-state index contributed by atoms with van der Waals surface area (Å²) < 4.78 is 56.1. The molecule has 5 rings (SSSR count). The Labute approximate surface area is 436 Å². The standard InChI is InChI=1S/C55H82N2O17/c1-14-26-68-56-43-32(3)28-53(9,63)48(35(6)44(72-42-29-54(10,65-13)47(59)37(8)70-42)36(7)49(60)71-41(15-2)55(11,64)46(58)34(43)5)74-50-45(73-52(62)67-31-39-24-20-17-21-25-39)40(27-33(4)69-50)57(12)51(61)66-30-38-22-18-16-19-23-38/h14,16-25,32-37,40-42,44-48,50,58-59,63-64H,1,15,26-31H2,2-13H3/b56-43+/t32-,33-,34+,35+,36-,37+,40+,41-,42+,44+,45-,46-,47+,48-,50+,53-,54-,55-/m1/s1. The lowest BCUT2D eigenvalue weighted by Crippen LogP contribution is -2.62. The van der Waals surface area contributed by atoms with Gasteiger partial charge in [0.25, 0.3) is 0 Å². The Morgan fingerprint density at radius 2 is 1.46 bits per heavy atom. The van der Waals surface area contributed by atoms with Crippen molar-refractivity contribution in [2.24, 2.45) is 28.8 Å². The summed E-state index contributed by atoms with van der Waals surface area (Å²) in [4.78, 5) is 49.4. The number of rotatable bonds is 15. The number of esters is 1. The molecule has 3 aliphatic rings. The fourth-order valence-corrected chi connectivity index (χ4v) is 10.6. The number of amides is 1. The molecule has 0 bridgehead atoms. The van der Waals surface area contributed by atoms with Gasteiger partial charge in [-0.15, -0.1) is 0 Å². The molecule has 3 heterocycles. The number of oxime groups is 1. The fraction of sp³-hybridized carbons (Fsp3) is 0.673. The zero-order valence-corrected chi connectivity index (χ0v) is 45.2. The normalized spacial score (nSPS) is 37.9. The number of cyclic esters (lactones) is 1. The monoisotopic (exact) mass is 1040 g/mol. The molecule has 1 amide bonds. The Balaban J connectivity index is 1.65. The molecule has 2 aromatic carbocycles. The van der Waals surface area contributed by atoms with E-state index in [1.807, 2.05) is 36.4 Å². The molecule has 0 radical (unpaired) electrons. The number of hydrogen-bond donors (Lipinski definition) is 4. The van der Waals surface area contributed by atoms with Crippen molar-refractivity contribution in [3.63, 3.8) is 0 Å². The molecule has 3 saturated heterocycles. The molecule has 0 unspecified atom stereocenters. The van der Waals surface area contributed by atoms with Crippen LogP contribution in [-0.4, -0.2) is 154 Å². The molecule has 414 valence electrons. The Hall–Kier alpha value is -4.70. The summed E-state index contributed by atoms with van der Waals surface area (Å²) in [5, 5.41) is 52.9. The Bertz CT molecular complexity index is 2140. The van der Waals surface area contributed by atoms with Crippen LogP contribution in [0, 0.1) is 23.7 Å². The second-order valence-electron chi connectivity index (χ2n) is 21.0. The lowest BCUT2D eigenvalue weighted by Gasteiger charge is -2.49. The van der Waals surface area contributed by atoms with Gasteiger partial charge in [-0.25, -0.2) is 9.59 Å². The first kappa shape index (κ1) is 60.2. The van der Waals surface area contributed by atoms with Crippen LogP contribution in [0.25, 0.3) is 0 Å². The van der Waals surface area contributed by atoms with Gasteiger partial charge in [-0.1, -0.05) is 106 Å². The van der Waals surface area contributed by atoms with E-state index in [-0.39, 0.29) is 51.2 Å². The van der Waals surface area contributed by atoms with Gasteiger partial charge >= 0.3 is 18.2 Å². The van der Waals surface area contributed by atoms with Gasteiger partial charge in [-0.3, -0.25) is 4.79 Å². The van der Waals surface area contributed by atoms with Crippen molar-refractivity contribution in [1.82, 2.24) is 4.90 Å². The number of likely N-dealkylation sites (N-methyl/N-ethyl adjacent to an activating group) is 1. The van der Waals surface area contributed by atoms with Crippen LogP contribution in [0.4, 0.5) is 9.59 Å². The van der Waals surface area contributed by atoms with Crippen molar-refractivity contribution in [2.45, 2.75) is 192 Å². The van der Waals surface area contributed by atoms with Crippen molar-refractivity contribution in [1.29, 1.82) is 0 Å². The van der Waals surface area contributed by atoms with Crippen molar-refractivity contribution in [3.8, 4) is 0 Å². The zero-order chi connectivity index (χ0) is 54.7. The van der Waals surface area contributed by atoms with E-state index in [0.717, 1.165) is 5.56 Å². The van der Waals surface area contributed by atoms with Crippen molar-refractivity contribution < 1.29 is 82.3 Å². The first-order valence-corrected chi connectivity index (χ1v) is 25.7. The minimum Gasteiger partial charge on any atom is -0.459 e. The molecule has 18 atom stereocenters. The molecule has 0 saturated carbocycles. The molecule has 19 nitrogen and oxygen atoms in total. The van der Waals surface area contributed by atoms with Crippen LogP contribution in [0.15, 0.2) is 78.5 Å². The lowest BCUT2D eigenvalue weighted by atomic mass is 9.73. The first-order chi connectivity index (χ1) is 34.9. The van der Waals surface area contributed by atoms with E-state index in [9.17, 15) is 34.8 Å². The summed E-state index contributed by atoms with van der Waals surface area (Å²) in [6.07, 6.45) is -12.2. The highest BCUT2D eigenvalue weighted by molar-refractivity contribution is 5.88. The minimum atomic E-state index is -2.02. The van der Waals surface area contributed by atoms with E-state index in [1.165, 1.54) is 39.0 Å². The van der Waals surface area contributed by atoms with Crippen LogP contribution in [0.5, 0.6) is 0 Å². The predicted octanol–water partition coefficient (Wildman–Crippen LogP) is 6.84. The smallest absolute Gasteiger partial charge is 0.459 e. The molecule has 3 aliphatic heterocycles. The van der Waals surface area contributed by atoms with Gasteiger partial charge in [0, 0.05) is 38.3 Å². The van der Waals surface area contributed by atoms with Gasteiger partial charge in [0.1, 0.15) is 37.6 Å². The van der Waals surface area contributed by atoms with Gasteiger partial charge in [-0.2, -0.15) is 0 Å². The second kappa shape index (κ2) is 26.4. The highest BCUT2D eigenvalue weighted by Gasteiger charge is 2.54. The number of benzene rings is 2.